The Hall–Kier alpha value is 0.150. The van der Waals surface area contributed by atoms with Gasteiger partial charge in [-0.25, -0.2) is 0 Å². The maximum absolute atomic E-state index is 5.01. The third-order valence-corrected chi connectivity index (χ3v) is 6.08. The third-order valence-electron chi connectivity index (χ3n) is 4.91. The highest BCUT2D eigenvalue weighted by atomic mass is 32.2. The fourth-order valence-electron chi connectivity index (χ4n) is 2.96. The van der Waals surface area contributed by atoms with Crippen molar-refractivity contribution in [3.05, 3.63) is 0 Å². The Morgan fingerprint density at radius 1 is 0.579 bits per heavy atom. The molecular weight excluding hydrogens is 488 g/mol. The molecule has 4 N–H and O–H groups in total. The van der Waals surface area contributed by atoms with Gasteiger partial charge in [0.2, 0.25) is 0 Å². The standard InChI is InChI=1S/C8H16S.C4H10N2.C4H9NO.C4H9N.3C4H10/c1-8(2,3)7-4-5-9-6-7;1-2-6-4-3-5-1;1-3-6-4-2-5-1;1-2-4-5-3-1;3*1-4(2)3/h7H,4-6H2,1-3H3;5-6H,1-4H2;5H,1-4H2;5H,1-4H2;3*4H,1-3H3. The van der Waals surface area contributed by atoms with Gasteiger partial charge in [0, 0.05) is 39.3 Å². The average Bonchev–Trinajstić information content (AvgIpc) is 3.58. The zero-order valence-electron chi connectivity index (χ0n) is 28.2. The summed E-state index contributed by atoms with van der Waals surface area (Å²) in [6.45, 7) is 37.4. The topological polar surface area (TPSA) is 57.3 Å². The van der Waals surface area contributed by atoms with Gasteiger partial charge in [-0.1, -0.05) is 83.1 Å². The summed E-state index contributed by atoms with van der Waals surface area (Å²) in [5, 5.41) is 12.8. The maximum atomic E-state index is 5.01. The molecule has 4 aliphatic rings. The molecule has 234 valence electrons. The van der Waals surface area contributed by atoms with E-state index in [0.717, 1.165) is 76.2 Å². The van der Waals surface area contributed by atoms with Gasteiger partial charge in [-0.05, 0) is 72.9 Å². The van der Waals surface area contributed by atoms with Crippen LogP contribution in [0.1, 0.15) is 102 Å². The second-order valence-corrected chi connectivity index (χ2v) is 14.6. The molecule has 4 heterocycles. The monoisotopic (exact) mass is 563 g/mol. The van der Waals surface area contributed by atoms with Crippen LogP contribution in [0.3, 0.4) is 0 Å². The van der Waals surface area contributed by atoms with E-state index < -0.39 is 0 Å². The van der Waals surface area contributed by atoms with Crippen molar-refractivity contribution in [3.63, 3.8) is 0 Å². The van der Waals surface area contributed by atoms with Crippen LogP contribution in [0.15, 0.2) is 0 Å². The molecule has 0 aliphatic carbocycles. The summed E-state index contributed by atoms with van der Waals surface area (Å²) < 4.78 is 5.01. The Morgan fingerprint density at radius 2 is 0.921 bits per heavy atom. The number of hydrogen-bond acceptors (Lipinski definition) is 6. The van der Waals surface area contributed by atoms with Crippen LogP contribution in [0.2, 0.25) is 0 Å². The molecule has 0 saturated carbocycles. The highest BCUT2D eigenvalue weighted by Crippen LogP contribution is 2.37. The molecule has 1 unspecified atom stereocenters. The molecule has 4 fully saturated rings. The summed E-state index contributed by atoms with van der Waals surface area (Å²) in [6, 6.07) is 0. The van der Waals surface area contributed by atoms with E-state index in [1.165, 1.54) is 43.9 Å². The first-order valence-electron chi connectivity index (χ1n) is 15.8. The van der Waals surface area contributed by atoms with Gasteiger partial charge in [-0.15, -0.1) is 0 Å². The molecule has 1 atom stereocenters. The van der Waals surface area contributed by atoms with Gasteiger partial charge >= 0.3 is 0 Å². The van der Waals surface area contributed by atoms with E-state index in [2.05, 4.69) is 116 Å². The van der Waals surface area contributed by atoms with Gasteiger partial charge in [-0.3, -0.25) is 0 Å². The van der Waals surface area contributed by atoms with Crippen LogP contribution in [0.5, 0.6) is 0 Å². The lowest BCUT2D eigenvalue weighted by Gasteiger charge is -2.25. The minimum Gasteiger partial charge on any atom is -0.379 e. The molecule has 0 spiro atoms. The van der Waals surface area contributed by atoms with E-state index in [0.29, 0.717) is 5.41 Å². The number of rotatable bonds is 0. The van der Waals surface area contributed by atoms with E-state index in [-0.39, 0.29) is 0 Å². The predicted octanol–water partition coefficient (Wildman–Crippen LogP) is 6.93. The Morgan fingerprint density at radius 3 is 1.05 bits per heavy atom. The molecule has 4 rings (SSSR count). The van der Waals surface area contributed by atoms with Crippen molar-refractivity contribution in [2.45, 2.75) is 102 Å². The number of hydrogen-bond donors (Lipinski definition) is 4. The molecule has 4 aliphatic heterocycles. The smallest absolute Gasteiger partial charge is 0.0591 e. The van der Waals surface area contributed by atoms with E-state index in [9.17, 15) is 0 Å². The fraction of sp³-hybridized carbons (Fsp3) is 1.00. The molecular formula is C32H74N4OS. The van der Waals surface area contributed by atoms with Crippen molar-refractivity contribution in [1.29, 1.82) is 0 Å². The minimum atomic E-state index is 0.559. The first-order chi connectivity index (χ1) is 17.8. The first-order valence-corrected chi connectivity index (χ1v) is 16.9. The summed E-state index contributed by atoms with van der Waals surface area (Å²) in [7, 11) is 0. The molecule has 0 amide bonds. The van der Waals surface area contributed by atoms with Crippen molar-refractivity contribution >= 4 is 11.8 Å². The van der Waals surface area contributed by atoms with Gasteiger partial charge in [-0.2, -0.15) is 11.8 Å². The Bertz CT molecular complexity index is 345. The fourth-order valence-corrected chi connectivity index (χ4v) is 4.53. The summed E-state index contributed by atoms with van der Waals surface area (Å²) in [5.41, 5.74) is 0.559. The Kier molecular flexibility index (Phi) is 35.5. The minimum absolute atomic E-state index is 0.559. The zero-order chi connectivity index (χ0) is 29.7. The van der Waals surface area contributed by atoms with Crippen molar-refractivity contribution in [2.75, 3.05) is 77.1 Å². The highest BCUT2D eigenvalue weighted by molar-refractivity contribution is 7.99. The van der Waals surface area contributed by atoms with Crippen LogP contribution in [0.25, 0.3) is 0 Å². The van der Waals surface area contributed by atoms with Crippen LogP contribution in [0.4, 0.5) is 0 Å². The zero-order valence-corrected chi connectivity index (χ0v) is 29.0. The van der Waals surface area contributed by atoms with E-state index >= 15 is 0 Å². The van der Waals surface area contributed by atoms with E-state index in [1.807, 2.05) is 0 Å². The lowest BCUT2D eigenvalue weighted by molar-refractivity contribution is 0.109. The van der Waals surface area contributed by atoms with Crippen molar-refractivity contribution in [1.82, 2.24) is 21.3 Å². The van der Waals surface area contributed by atoms with Crippen molar-refractivity contribution in [3.8, 4) is 0 Å². The van der Waals surface area contributed by atoms with Gasteiger partial charge < -0.3 is 26.0 Å². The third kappa shape index (κ3) is 49.1. The lowest BCUT2D eigenvalue weighted by Crippen LogP contribution is -2.39. The van der Waals surface area contributed by atoms with Gasteiger partial charge in [0.25, 0.3) is 0 Å². The normalized spacial score (nSPS) is 20.4. The van der Waals surface area contributed by atoms with Crippen LogP contribution in [-0.2, 0) is 4.74 Å². The quantitative estimate of drug-likeness (QED) is 0.257. The largest absolute Gasteiger partial charge is 0.379 e. The first kappa shape index (κ1) is 42.6. The number of morpholine rings is 1. The number of ether oxygens (including phenoxy) is 1. The molecule has 0 radical (unpaired) electrons. The van der Waals surface area contributed by atoms with Crippen molar-refractivity contribution in [2.24, 2.45) is 29.1 Å². The maximum Gasteiger partial charge on any atom is 0.0591 e. The molecule has 0 bridgehead atoms. The molecule has 6 heteroatoms. The van der Waals surface area contributed by atoms with Gasteiger partial charge in [0.05, 0.1) is 13.2 Å². The second kappa shape index (κ2) is 31.7. The lowest BCUT2D eigenvalue weighted by atomic mass is 9.81. The summed E-state index contributed by atoms with van der Waals surface area (Å²) in [5.74, 6) is 6.26. The molecule has 38 heavy (non-hydrogen) atoms. The number of thioether (sulfide) groups is 1. The van der Waals surface area contributed by atoms with E-state index in [1.54, 1.807) is 0 Å². The molecule has 0 aromatic carbocycles. The molecule has 0 aromatic heterocycles. The van der Waals surface area contributed by atoms with Gasteiger partial charge in [0.1, 0.15) is 0 Å². The summed E-state index contributed by atoms with van der Waals surface area (Å²) in [6.07, 6.45) is 4.22. The summed E-state index contributed by atoms with van der Waals surface area (Å²) in [4.78, 5) is 0. The SMILES string of the molecule is C1CCNC1.C1CNCCN1.C1COCCN1.CC(C)(C)C1CCSC1.CC(C)C.CC(C)C.CC(C)C. The molecule has 0 aromatic rings. The number of nitrogens with one attached hydrogen (secondary N) is 4. The second-order valence-electron chi connectivity index (χ2n) is 13.4. The Balaban J connectivity index is -0.000000386. The molecule has 5 nitrogen and oxygen atoms in total. The van der Waals surface area contributed by atoms with Crippen LogP contribution in [-0.4, -0.2) is 77.1 Å². The van der Waals surface area contributed by atoms with Gasteiger partial charge in [0.15, 0.2) is 0 Å². The van der Waals surface area contributed by atoms with Crippen molar-refractivity contribution < 1.29 is 4.74 Å². The molecule has 4 saturated heterocycles. The van der Waals surface area contributed by atoms with Crippen LogP contribution >= 0.6 is 11.8 Å². The predicted molar refractivity (Wildman–Crippen MR) is 178 cm³/mol. The van der Waals surface area contributed by atoms with E-state index in [4.69, 9.17) is 4.74 Å². The average molecular weight is 563 g/mol. The van der Waals surface area contributed by atoms with Crippen LogP contribution < -0.4 is 21.3 Å². The summed E-state index contributed by atoms with van der Waals surface area (Å²) >= 11 is 2.11. The van der Waals surface area contributed by atoms with Crippen LogP contribution in [0, 0.1) is 29.1 Å². The Labute approximate surface area is 246 Å². The number of piperazine rings is 1. The highest BCUT2D eigenvalue weighted by Gasteiger charge is 2.27.